The Hall–Kier alpha value is -0.150. The summed E-state index contributed by atoms with van der Waals surface area (Å²) in [6.45, 7) is 4.33. The van der Waals surface area contributed by atoms with E-state index < -0.39 is 33.7 Å². The van der Waals surface area contributed by atoms with E-state index in [0.717, 1.165) is 25.7 Å². The zero-order valence-corrected chi connectivity index (χ0v) is 16.9. The molecule has 1 N–H and O–H groups in total. The third-order valence-electron chi connectivity index (χ3n) is 3.14. The van der Waals surface area contributed by atoms with Crippen molar-refractivity contribution in [3.8, 4) is 0 Å². The Balaban J connectivity index is 0. The fourth-order valence-electron chi connectivity index (χ4n) is 1.91. The summed E-state index contributed by atoms with van der Waals surface area (Å²) in [7, 11) is -4.82. The Bertz CT molecular complexity index is 448. The first-order chi connectivity index (χ1) is 10.1. The second kappa shape index (κ2) is 13.2. The van der Waals surface area contributed by atoms with Gasteiger partial charge in [-0.3, -0.25) is 9.35 Å². The number of ether oxygens (including phenoxy) is 1. The second-order valence-corrected chi connectivity index (χ2v) is 7.30. The molecule has 0 aromatic carbocycles. The van der Waals surface area contributed by atoms with Crippen LogP contribution in [0.15, 0.2) is 0 Å². The summed E-state index contributed by atoms with van der Waals surface area (Å²) >= 11 is 0. The van der Waals surface area contributed by atoms with Gasteiger partial charge in [-0.05, 0) is 12.3 Å². The third kappa shape index (κ3) is 13.9. The minimum atomic E-state index is -4.82. The zero-order valence-electron chi connectivity index (χ0n) is 14.1. The van der Waals surface area contributed by atoms with Gasteiger partial charge in [-0.1, -0.05) is 46.0 Å². The Morgan fingerprint density at radius 2 is 1.61 bits per heavy atom. The minimum Gasteiger partial charge on any atom is -0.550 e. The summed E-state index contributed by atoms with van der Waals surface area (Å²) in [6, 6.07) is 0. The Kier molecular flexibility index (Phi) is 14.4. The number of hydrogen-bond donors (Lipinski definition) is 1. The predicted molar refractivity (Wildman–Crippen MR) is 78.5 cm³/mol. The number of carboxylic acid groups (broad SMARTS) is 1. The first kappa shape index (κ1) is 25.1. The van der Waals surface area contributed by atoms with E-state index in [-0.39, 0.29) is 36.2 Å². The van der Waals surface area contributed by atoms with E-state index in [0.29, 0.717) is 12.3 Å². The Labute approximate surface area is 160 Å². The Morgan fingerprint density at radius 3 is 2.09 bits per heavy atom. The topological polar surface area (TPSA) is 121 Å². The van der Waals surface area contributed by atoms with E-state index in [1.807, 2.05) is 0 Å². The van der Waals surface area contributed by atoms with Crippen molar-refractivity contribution < 1.29 is 62.0 Å². The summed E-state index contributed by atoms with van der Waals surface area (Å²) in [5, 5.41) is 8.27. The molecule has 0 bridgehead atoms. The maximum atomic E-state index is 11.5. The standard InChI is InChI=1S/C14H26O7S.Na/c1-11(2)8-6-4-3-5-7-9-21-14(17)12(10-13(15)16)22(18,19)20;/h11-12H,3-10H2,1-2H3,(H,15,16)(H,18,19,20);/q;+1/p-1. The maximum Gasteiger partial charge on any atom is 1.00 e. The van der Waals surface area contributed by atoms with Crippen LogP contribution in [0.5, 0.6) is 0 Å². The van der Waals surface area contributed by atoms with E-state index in [9.17, 15) is 23.1 Å². The van der Waals surface area contributed by atoms with Crippen LogP contribution in [-0.4, -0.2) is 36.8 Å². The number of carboxylic acids is 1. The molecule has 0 aliphatic carbocycles. The SMILES string of the molecule is CC(C)CCCCCCCOC(=O)C(CC(=O)[O-])S(=O)(=O)O.[Na+]. The van der Waals surface area contributed by atoms with E-state index in [2.05, 4.69) is 13.8 Å². The first-order valence-electron chi connectivity index (χ1n) is 7.47. The van der Waals surface area contributed by atoms with E-state index in [4.69, 9.17) is 9.29 Å². The molecule has 0 aromatic heterocycles. The van der Waals surface area contributed by atoms with Gasteiger partial charge in [-0.2, -0.15) is 8.42 Å². The van der Waals surface area contributed by atoms with Crippen molar-refractivity contribution in [2.24, 2.45) is 5.92 Å². The predicted octanol–water partition coefficient (Wildman–Crippen LogP) is -2.07. The van der Waals surface area contributed by atoms with Crippen molar-refractivity contribution >= 4 is 22.1 Å². The van der Waals surface area contributed by atoms with E-state index >= 15 is 0 Å². The summed E-state index contributed by atoms with van der Waals surface area (Å²) in [5.41, 5.74) is 0. The van der Waals surface area contributed by atoms with Crippen LogP contribution in [0.2, 0.25) is 0 Å². The molecule has 0 saturated carbocycles. The van der Waals surface area contributed by atoms with Crippen molar-refractivity contribution in [3.63, 3.8) is 0 Å². The van der Waals surface area contributed by atoms with Gasteiger partial charge in [-0.25, -0.2) is 0 Å². The van der Waals surface area contributed by atoms with Gasteiger partial charge in [0.05, 0.1) is 6.61 Å². The van der Waals surface area contributed by atoms with Gasteiger partial charge >= 0.3 is 35.5 Å². The molecule has 1 unspecified atom stereocenters. The molecule has 0 aromatic rings. The van der Waals surface area contributed by atoms with Crippen LogP contribution in [0.4, 0.5) is 0 Å². The van der Waals surface area contributed by atoms with Crippen molar-refractivity contribution in [1.82, 2.24) is 0 Å². The van der Waals surface area contributed by atoms with Crippen molar-refractivity contribution in [1.29, 1.82) is 0 Å². The molecule has 0 saturated heterocycles. The van der Waals surface area contributed by atoms with Crippen LogP contribution in [0.25, 0.3) is 0 Å². The number of unbranched alkanes of at least 4 members (excludes halogenated alkanes) is 4. The minimum absolute atomic E-state index is 0. The van der Waals surface area contributed by atoms with Crippen LogP contribution < -0.4 is 34.7 Å². The van der Waals surface area contributed by atoms with Crippen LogP contribution in [0.3, 0.4) is 0 Å². The summed E-state index contributed by atoms with van der Waals surface area (Å²) in [5.74, 6) is -2.32. The zero-order chi connectivity index (χ0) is 17.2. The van der Waals surface area contributed by atoms with Gasteiger partial charge in [-0.15, -0.1) is 0 Å². The molecule has 0 amide bonds. The van der Waals surface area contributed by atoms with Gasteiger partial charge in [0.2, 0.25) is 0 Å². The van der Waals surface area contributed by atoms with Gasteiger partial charge in [0.1, 0.15) is 0 Å². The molecule has 0 rings (SSSR count). The normalized spacial score (nSPS) is 12.5. The second-order valence-electron chi connectivity index (χ2n) is 5.70. The molecular weight excluding hydrogens is 335 g/mol. The average molecular weight is 360 g/mol. The number of aliphatic carboxylic acids is 1. The molecule has 9 heteroatoms. The van der Waals surface area contributed by atoms with Crippen LogP contribution >= 0.6 is 0 Å². The fraction of sp³-hybridized carbons (Fsp3) is 0.857. The quantitative estimate of drug-likeness (QED) is 0.184. The summed E-state index contributed by atoms with van der Waals surface area (Å²) < 4.78 is 35.4. The van der Waals surface area contributed by atoms with Crippen molar-refractivity contribution in [2.45, 2.75) is 64.0 Å². The molecule has 0 heterocycles. The molecule has 7 nitrogen and oxygen atoms in total. The largest absolute Gasteiger partial charge is 1.00 e. The number of rotatable bonds is 12. The van der Waals surface area contributed by atoms with Gasteiger partial charge in [0, 0.05) is 12.4 Å². The number of esters is 1. The molecule has 130 valence electrons. The third-order valence-corrected chi connectivity index (χ3v) is 4.22. The summed E-state index contributed by atoms with van der Waals surface area (Å²) in [4.78, 5) is 21.9. The van der Waals surface area contributed by atoms with Crippen molar-refractivity contribution in [2.75, 3.05) is 6.61 Å². The van der Waals surface area contributed by atoms with Crippen LogP contribution in [0, 0.1) is 5.92 Å². The van der Waals surface area contributed by atoms with Gasteiger partial charge < -0.3 is 14.6 Å². The smallest absolute Gasteiger partial charge is 0.550 e. The van der Waals surface area contributed by atoms with Gasteiger partial charge in [0.15, 0.2) is 5.25 Å². The molecular formula is C14H25NaO7S. The number of carbonyl (C=O) groups excluding carboxylic acids is 2. The van der Waals surface area contributed by atoms with Crippen LogP contribution in [0.1, 0.15) is 58.8 Å². The molecule has 0 aliphatic heterocycles. The monoisotopic (exact) mass is 360 g/mol. The van der Waals surface area contributed by atoms with Gasteiger partial charge in [0.25, 0.3) is 10.1 Å². The molecule has 0 fully saturated rings. The van der Waals surface area contributed by atoms with Crippen LogP contribution in [-0.2, 0) is 24.4 Å². The fourth-order valence-corrected chi connectivity index (χ4v) is 2.57. The Morgan fingerprint density at radius 1 is 1.09 bits per heavy atom. The average Bonchev–Trinajstić information content (AvgIpc) is 2.37. The van der Waals surface area contributed by atoms with E-state index in [1.54, 1.807) is 0 Å². The first-order valence-corrected chi connectivity index (χ1v) is 8.97. The molecule has 23 heavy (non-hydrogen) atoms. The molecule has 0 aliphatic rings. The maximum absolute atomic E-state index is 11.5. The van der Waals surface area contributed by atoms with E-state index in [1.165, 1.54) is 6.42 Å². The summed E-state index contributed by atoms with van der Waals surface area (Å²) in [6.07, 6.45) is 4.68. The number of carbonyl (C=O) groups is 2. The molecule has 0 radical (unpaired) electrons. The number of hydrogen-bond acceptors (Lipinski definition) is 6. The van der Waals surface area contributed by atoms with Crippen molar-refractivity contribution in [3.05, 3.63) is 0 Å². The molecule has 0 spiro atoms. The molecule has 1 atom stereocenters.